The molecule has 0 saturated carbocycles. The fourth-order valence-electron chi connectivity index (χ4n) is 2.35. The Morgan fingerprint density at radius 1 is 0.714 bits per heavy atom. The van der Waals surface area contributed by atoms with Gasteiger partial charge in [-0.2, -0.15) is 0 Å². The molecule has 3 rings (SSSR count). The molecule has 8 nitrogen and oxygen atoms in total. The Hall–Kier alpha value is -3.10. The lowest BCUT2D eigenvalue weighted by atomic mass is 10.2. The van der Waals surface area contributed by atoms with Gasteiger partial charge < -0.3 is 9.47 Å². The van der Waals surface area contributed by atoms with Crippen LogP contribution in [-0.4, -0.2) is 48.1 Å². The van der Waals surface area contributed by atoms with Crippen LogP contribution in [0.5, 0.6) is 0 Å². The maximum atomic E-state index is 12.3. The quantitative estimate of drug-likeness (QED) is 0.729. The van der Waals surface area contributed by atoms with E-state index in [0.717, 1.165) is 10.0 Å². The number of benzene rings is 2. The molecule has 0 aliphatic carbocycles. The number of ether oxygens (including phenoxy) is 2. The molecular weight excluding hydrogens is 407 g/mol. The van der Waals surface area contributed by atoms with Gasteiger partial charge in [0.15, 0.2) is 11.7 Å². The van der Waals surface area contributed by atoms with Gasteiger partial charge in [-0.25, -0.2) is 9.59 Å². The monoisotopic (exact) mass is 420 g/mol. The molecule has 10 heteroatoms. The van der Waals surface area contributed by atoms with E-state index in [1.807, 2.05) is 0 Å². The smallest absolute Gasteiger partial charge is 0.436 e. The van der Waals surface area contributed by atoms with E-state index >= 15 is 0 Å². The van der Waals surface area contributed by atoms with E-state index in [2.05, 4.69) is 10.2 Å². The van der Waals surface area contributed by atoms with Gasteiger partial charge in [-0.1, -0.05) is 23.2 Å². The first-order chi connectivity index (χ1) is 13.4. The zero-order chi connectivity index (χ0) is 20.3. The number of carbonyl (C=O) groups excluding carboxylic acids is 2. The molecule has 0 fully saturated rings. The van der Waals surface area contributed by atoms with Crippen molar-refractivity contribution in [3.05, 3.63) is 69.7 Å². The molecule has 0 spiro atoms. The highest BCUT2D eigenvalue weighted by Crippen LogP contribution is 2.21. The zero-order valence-electron chi connectivity index (χ0n) is 14.8. The third-order valence-corrected chi connectivity index (χ3v) is 4.19. The van der Waals surface area contributed by atoms with Crippen LogP contribution in [0.1, 0.15) is 11.1 Å². The molecule has 2 aromatic carbocycles. The minimum absolute atomic E-state index is 0.0617. The molecular formula is C18H14Cl2N4O4. The summed E-state index contributed by atoms with van der Waals surface area (Å²) in [6, 6.07) is 13.0. The van der Waals surface area contributed by atoms with Crippen LogP contribution < -0.4 is 0 Å². The van der Waals surface area contributed by atoms with Crippen molar-refractivity contribution in [2.45, 2.75) is 0 Å². The molecule has 0 saturated heterocycles. The van der Waals surface area contributed by atoms with E-state index in [4.69, 9.17) is 32.7 Å². The number of carbonyl (C=O) groups is 2. The molecule has 0 atom stereocenters. The van der Waals surface area contributed by atoms with Crippen LogP contribution >= 0.6 is 23.2 Å². The second-order valence-electron chi connectivity index (χ2n) is 5.42. The number of amides is 2. The van der Waals surface area contributed by atoms with E-state index < -0.39 is 12.2 Å². The minimum Gasteiger partial charge on any atom is -0.451 e. The highest BCUT2D eigenvalue weighted by molar-refractivity contribution is 6.31. The van der Waals surface area contributed by atoms with Gasteiger partial charge in [0, 0.05) is 21.2 Å². The van der Waals surface area contributed by atoms with Crippen molar-refractivity contribution in [3.63, 3.8) is 0 Å². The van der Waals surface area contributed by atoms with E-state index in [1.54, 1.807) is 48.5 Å². The highest BCUT2D eigenvalue weighted by Gasteiger charge is 2.33. The number of methoxy groups -OCH3 is 2. The van der Waals surface area contributed by atoms with Crippen LogP contribution in [0.2, 0.25) is 10.0 Å². The van der Waals surface area contributed by atoms with Gasteiger partial charge in [-0.15, -0.1) is 20.2 Å². The van der Waals surface area contributed by atoms with Crippen LogP contribution in [0.15, 0.2) is 58.7 Å². The molecule has 0 bridgehead atoms. The number of rotatable bonds is 2. The number of hydrogen-bond donors (Lipinski definition) is 0. The van der Waals surface area contributed by atoms with Gasteiger partial charge in [0.2, 0.25) is 0 Å². The summed E-state index contributed by atoms with van der Waals surface area (Å²) in [7, 11) is 2.43. The summed E-state index contributed by atoms with van der Waals surface area (Å²) < 4.78 is 9.62. The molecule has 2 aromatic rings. The number of hydrogen-bond acceptors (Lipinski definition) is 6. The molecule has 0 unspecified atom stereocenters. The van der Waals surface area contributed by atoms with E-state index in [0.29, 0.717) is 21.2 Å². The van der Waals surface area contributed by atoms with Crippen molar-refractivity contribution >= 4 is 47.1 Å². The first-order valence-electron chi connectivity index (χ1n) is 7.90. The summed E-state index contributed by atoms with van der Waals surface area (Å²) in [5, 5.41) is 11.5. The Balaban J connectivity index is 2.15. The molecule has 2 amide bonds. The van der Waals surface area contributed by atoms with Crippen LogP contribution in [0.25, 0.3) is 0 Å². The molecule has 1 heterocycles. The first-order valence-corrected chi connectivity index (χ1v) is 8.65. The molecule has 0 aromatic heterocycles. The fraction of sp³-hybridized carbons (Fsp3) is 0.111. The third-order valence-electron chi connectivity index (χ3n) is 3.69. The summed E-state index contributed by atoms with van der Waals surface area (Å²) in [4.78, 5) is 24.7. The average Bonchev–Trinajstić information content (AvgIpc) is 2.73. The second-order valence-corrected chi connectivity index (χ2v) is 6.30. The predicted molar refractivity (Wildman–Crippen MR) is 104 cm³/mol. The second kappa shape index (κ2) is 8.28. The van der Waals surface area contributed by atoms with Crippen molar-refractivity contribution in [2.75, 3.05) is 14.2 Å². The third kappa shape index (κ3) is 3.92. The first kappa shape index (κ1) is 19.7. The Bertz CT molecular complexity index is 879. The van der Waals surface area contributed by atoms with Crippen molar-refractivity contribution in [1.82, 2.24) is 10.0 Å². The van der Waals surface area contributed by atoms with Crippen LogP contribution in [0, 0.1) is 0 Å². The largest absolute Gasteiger partial charge is 0.451 e. The molecule has 0 radical (unpaired) electrons. The van der Waals surface area contributed by atoms with Crippen molar-refractivity contribution in [1.29, 1.82) is 0 Å². The molecule has 1 aliphatic rings. The van der Waals surface area contributed by atoms with Crippen molar-refractivity contribution in [3.8, 4) is 0 Å². The van der Waals surface area contributed by atoms with Crippen molar-refractivity contribution < 1.29 is 19.1 Å². The van der Waals surface area contributed by atoms with Gasteiger partial charge in [0.1, 0.15) is 0 Å². The normalized spacial score (nSPS) is 13.6. The summed E-state index contributed by atoms with van der Waals surface area (Å²) in [5.74, 6) is 0.123. The maximum absolute atomic E-state index is 12.3. The number of halogens is 2. The summed E-state index contributed by atoms with van der Waals surface area (Å²) in [6.07, 6.45) is -1.57. The topological polar surface area (TPSA) is 83.8 Å². The molecule has 0 N–H and O–H groups in total. The highest BCUT2D eigenvalue weighted by atomic mass is 35.5. The lowest BCUT2D eigenvalue weighted by molar-refractivity contribution is 0.135. The number of amidine groups is 2. The van der Waals surface area contributed by atoms with E-state index in [1.165, 1.54) is 14.2 Å². The summed E-state index contributed by atoms with van der Waals surface area (Å²) in [6.45, 7) is 0. The lowest BCUT2D eigenvalue weighted by Crippen LogP contribution is -2.45. The van der Waals surface area contributed by atoms with E-state index in [9.17, 15) is 9.59 Å². The number of hydrazone groups is 2. The maximum Gasteiger partial charge on any atom is 0.436 e. The minimum atomic E-state index is -0.787. The van der Waals surface area contributed by atoms with Gasteiger partial charge in [-0.3, -0.25) is 0 Å². The van der Waals surface area contributed by atoms with Crippen LogP contribution in [-0.2, 0) is 9.47 Å². The van der Waals surface area contributed by atoms with Gasteiger partial charge in [0.25, 0.3) is 0 Å². The molecule has 1 aliphatic heterocycles. The van der Waals surface area contributed by atoms with Gasteiger partial charge in [-0.05, 0) is 48.5 Å². The lowest BCUT2D eigenvalue weighted by Gasteiger charge is -2.28. The van der Waals surface area contributed by atoms with E-state index in [-0.39, 0.29) is 11.7 Å². The van der Waals surface area contributed by atoms with Gasteiger partial charge in [0.05, 0.1) is 14.2 Å². The fourth-order valence-corrected chi connectivity index (χ4v) is 2.61. The van der Waals surface area contributed by atoms with Crippen LogP contribution in [0.4, 0.5) is 9.59 Å². The summed E-state index contributed by atoms with van der Waals surface area (Å²) in [5.41, 5.74) is 0.977. The Morgan fingerprint density at radius 2 is 1.04 bits per heavy atom. The summed E-state index contributed by atoms with van der Waals surface area (Å²) >= 11 is 11.9. The number of nitrogens with zero attached hydrogens (tertiary/aromatic N) is 4. The zero-order valence-corrected chi connectivity index (χ0v) is 16.3. The van der Waals surface area contributed by atoms with Crippen molar-refractivity contribution in [2.24, 2.45) is 10.2 Å². The van der Waals surface area contributed by atoms with Gasteiger partial charge >= 0.3 is 12.2 Å². The standard InChI is InChI=1S/C18H14Cl2N4O4/c1-27-17(25)23-15(11-3-7-13(19)8-4-11)22-24(18(26)28-2)16(21-23)12-5-9-14(20)10-6-12/h3-10H,1-2H3. The Labute approximate surface area is 170 Å². The Kier molecular flexibility index (Phi) is 5.81. The Morgan fingerprint density at radius 3 is 1.32 bits per heavy atom. The molecule has 28 heavy (non-hydrogen) atoms. The average molecular weight is 421 g/mol. The SMILES string of the molecule is COC(=O)N1N=C(c2ccc(Cl)cc2)N(C(=O)OC)N=C1c1ccc(Cl)cc1. The molecule has 144 valence electrons. The van der Waals surface area contributed by atoms with Crippen LogP contribution in [0.3, 0.4) is 0 Å². The predicted octanol–water partition coefficient (Wildman–Crippen LogP) is 4.17.